The second-order valence-corrected chi connectivity index (χ2v) is 1.52. The summed E-state index contributed by atoms with van der Waals surface area (Å²) in [5.41, 5.74) is 0. The first kappa shape index (κ1) is 16.2. The van der Waals surface area contributed by atoms with Crippen LogP contribution in [-0.2, 0) is 8.89 Å². The molecular weight excluding hydrogens is 147 g/mol. The maximum Gasteiger partial charge on any atom is 2.00 e. The van der Waals surface area contributed by atoms with Gasteiger partial charge in [0.1, 0.15) is 0 Å². The van der Waals surface area contributed by atoms with Crippen LogP contribution in [0.1, 0.15) is 11.2 Å². The zero-order valence-corrected chi connectivity index (χ0v) is 9.59. The van der Waals surface area contributed by atoms with Gasteiger partial charge in [0.2, 0.25) is 0 Å². The van der Waals surface area contributed by atoms with E-state index in [9.17, 15) is 4.46 Å². The summed E-state index contributed by atoms with van der Waals surface area (Å²) >= 11 is 0. The van der Waals surface area contributed by atoms with Gasteiger partial charge < -0.3 is 13.5 Å². The Hall–Kier alpha value is 1.38. The van der Waals surface area contributed by atoms with Crippen molar-refractivity contribution < 1.29 is 47.5 Å². The summed E-state index contributed by atoms with van der Waals surface area (Å²) in [7, 11) is -2.64. The van der Waals surface area contributed by atoms with Crippen molar-refractivity contribution in [2.45, 2.75) is 6.92 Å². The number of rotatable bonds is 2. The van der Waals surface area contributed by atoms with Crippen molar-refractivity contribution in [3.05, 3.63) is 0 Å². The van der Waals surface area contributed by atoms with Crippen LogP contribution in [0.2, 0.25) is 0 Å². The van der Waals surface area contributed by atoms with Gasteiger partial charge in [0.05, 0.1) is 6.61 Å². The summed E-state index contributed by atoms with van der Waals surface area (Å²) in [4.78, 5) is 7.88. The van der Waals surface area contributed by atoms with Gasteiger partial charge in [-0.15, -0.1) is 0 Å². The molecule has 0 saturated carbocycles. The molecule has 0 unspecified atom stereocenters. The van der Waals surface area contributed by atoms with Crippen molar-refractivity contribution in [3.8, 4) is 0 Å². The molecule has 0 fully saturated rings. The average molecular weight is 156 g/mol. The Balaban J connectivity index is -0.0000000125. The molecule has 0 rings (SSSR count). The van der Waals surface area contributed by atoms with Crippen LogP contribution < -0.4 is 29.6 Å². The molecule has 0 aliphatic carbocycles. The topological polar surface area (TPSA) is 46.5 Å². The molecule has 0 aromatic rings. The van der Waals surface area contributed by atoms with Gasteiger partial charge in [0.25, 0.3) is 0 Å². The van der Waals surface area contributed by atoms with Gasteiger partial charge in [-0.1, -0.05) is 0 Å². The summed E-state index contributed by atoms with van der Waals surface area (Å²) in [6.07, 6.45) is 0. The van der Waals surface area contributed by atoms with Gasteiger partial charge in [-0.3, -0.25) is 4.46 Å². The van der Waals surface area contributed by atoms with Gasteiger partial charge >= 0.3 is 61.8 Å². The van der Waals surface area contributed by atoms with E-state index in [0.29, 0.717) is 6.61 Å². The zero-order valence-electron chi connectivity index (χ0n) is 8.18. The minimum Gasteiger partial charge on any atom is -1.00 e. The summed E-state index contributed by atoms with van der Waals surface area (Å²) in [5.74, 6) is 0. The minimum absolute atomic E-state index is 0. The molecule has 1 N–H and O–H groups in total. The van der Waals surface area contributed by atoms with Gasteiger partial charge in [0.15, 0.2) is 0 Å². The van der Waals surface area contributed by atoms with Crippen LogP contribution in [-0.4, -0.2) is 43.6 Å². The van der Waals surface area contributed by atoms with Crippen molar-refractivity contribution in [2.24, 2.45) is 0 Å². The molecule has 0 aliphatic heterocycles. The smallest absolute Gasteiger partial charge is 1.00 e. The third kappa shape index (κ3) is 15.7. The van der Waals surface area contributed by atoms with Gasteiger partial charge in [-0.25, -0.2) is 0 Å². The van der Waals surface area contributed by atoms with Crippen LogP contribution in [0.15, 0.2) is 0 Å². The fourth-order valence-corrected chi connectivity index (χ4v) is 0.370. The van der Waals surface area contributed by atoms with E-state index in [1.807, 2.05) is 0 Å². The molecule has 0 aromatic heterocycles. The van der Waals surface area contributed by atoms with E-state index in [1.165, 1.54) is 0 Å². The molecule has 42 valence electrons. The largest absolute Gasteiger partial charge is 2.00 e. The fraction of sp³-hybridized carbons (Fsp3) is 1.00. The van der Waals surface area contributed by atoms with Crippen molar-refractivity contribution >= 4 is 32.2 Å². The Morgan fingerprint density at radius 1 is 1.88 bits per heavy atom. The Labute approximate surface area is 92.6 Å². The van der Waals surface area contributed by atoms with E-state index in [0.717, 1.165) is 0 Å². The summed E-state index contributed by atoms with van der Waals surface area (Å²) in [5, 5.41) is 0. The predicted molar refractivity (Wildman–Crippen MR) is 29.4 cm³/mol. The van der Waals surface area contributed by atoms with E-state index < -0.39 is 9.17 Å². The Morgan fingerprint density at radius 2 is 2.25 bits per heavy atom. The van der Waals surface area contributed by atoms with E-state index in [1.54, 1.807) is 6.92 Å². The van der Waals surface area contributed by atoms with Gasteiger partial charge in [-0.05, 0) is 6.92 Å². The standard InChI is InChI=1S/C2H6O3Si.Mg.Na.3H/c1-2-5-6(3)4;;;;;/h3H,2H2,1H3;;;;;/q;+2;+1;3*-1. The molecule has 0 radical (unpaired) electrons. The monoisotopic (exact) mass is 156 g/mol. The van der Waals surface area contributed by atoms with Crippen molar-refractivity contribution in [1.82, 2.24) is 0 Å². The third-order valence-corrected chi connectivity index (χ3v) is 0.803. The molecule has 8 heavy (non-hydrogen) atoms. The van der Waals surface area contributed by atoms with Crippen LogP contribution >= 0.6 is 0 Å². The number of hydrogen-bond acceptors (Lipinski definition) is 2. The van der Waals surface area contributed by atoms with E-state index >= 15 is 0 Å². The predicted octanol–water partition coefficient (Wildman–Crippen LogP) is -3.61. The molecule has 0 aromatic carbocycles. The van der Waals surface area contributed by atoms with Crippen molar-refractivity contribution in [3.63, 3.8) is 0 Å². The first-order valence-corrected chi connectivity index (χ1v) is 2.89. The SMILES string of the molecule is CCO[Si](=O)O.[H-].[H-].[H-].[Mg+2].[Na+]. The Bertz CT molecular complexity index is 70.5. The third-order valence-electron chi connectivity index (χ3n) is 0.268. The maximum absolute atomic E-state index is 9.56. The summed E-state index contributed by atoms with van der Waals surface area (Å²) < 4.78 is 13.7. The fourth-order valence-electron chi connectivity index (χ4n) is 0.123. The van der Waals surface area contributed by atoms with Crippen LogP contribution in [0.4, 0.5) is 0 Å². The second kappa shape index (κ2) is 11.2. The number of hydrogen-bond donors (Lipinski definition) is 1. The molecule has 0 saturated heterocycles. The molecule has 0 aliphatic rings. The van der Waals surface area contributed by atoms with E-state index in [4.69, 9.17) is 4.80 Å². The second-order valence-electron chi connectivity index (χ2n) is 0.699. The molecule has 0 bridgehead atoms. The van der Waals surface area contributed by atoms with Crippen LogP contribution in [0.25, 0.3) is 0 Å². The molecule has 3 nitrogen and oxygen atoms in total. The van der Waals surface area contributed by atoms with Crippen LogP contribution in [0.5, 0.6) is 0 Å². The van der Waals surface area contributed by atoms with Crippen molar-refractivity contribution in [1.29, 1.82) is 0 Å². The molecule has 6 heteroatoms. The van der Waals surface area contributed by atoms with E-state index in [2.05, 4.69) is 4.43 Å². The molecule has 0 spiro atoms. The Morgan fingerprint density at radius 3 is 2.25 bits per heavy atom. The van der Waals surface area contributed by atoms with Gasteiger partial charge in [0, 0.05) is 0 Å². The zero-order chi connectivity index (χ0) is 4.99. The molecule has 0 atom stereocenters. The quantitative estimate of drug-likeness (QED) is 0.420. The van der Waals surface area contributed by atoms with Crippen LogP contribution in [0.3, 0.4) is 0 Å². The Kier molecular flexibility index (Phi) is 22.7. The molecule has 0 amide bonds. The minimum atomic E-state index is -2.64. The summed E-state index contributed by atoms with van der Waals surface area (Å²) in [6, 6.07) is 0. The first-order chi connectivity index (χ1) is 2.77. The average Bonchev–Trinajstić information content (AvgIpc) is 1.35. The molecular formula is C2H9MgNaO3Si. The maximum atomic E-state index is 9.56. The van der Waals surface area contributed by atoms with Gasteiger partial charge in [-0.2, -0.15) is 0 Å². The molecule has 0 heterocycles. The van der Waals surface area contributed by atoms with Crippen molar-refractivity contribution in [2.75, 3.05) is 6.61 Å². The first-order valence-electron chi connectivity index (χ1n) is 1.63. The van der Waals surface area contributed by atoms with Crippen LogP contribution in [0, 0.1) is 0 Å². The normalized spacial score (nSPS) is 5.62. The summed E-state index contributed by atoms with van der Waals surface area (Å²) in [6.45, 7) is 1.98. The van der Waals surface area contributed by atoms with E-state index in [-0.39, 0.29) is 56.9 Å².